The van der Waals surface area contributed by atoms with Gasteiger partial charge in [-0.25, -0.2) is 0 Å². The molecule has 1 aromatic carbocycles. The van der Waals surface area contributed by atoms with Crippen LogP contribution in [0.1, 0.15) is 25.7 Å². The molecule has 20 heavy (non-hydrogen) atoms. The number of carbonyl (C=O) groups is 1. The standard InChI is InChI=1S/C16H15N3O/c17-11-16(8-1-2-9-16)15(20)19-14-7-3-6-13-12(14)5-4-10-18-13/h3-7,10H,1-2,8-9H2,(H,19,20). The number of carbonyl (C=O) groups excluding carboxylic acids is 1. The first kappa shape index (κ1) is 12.6. The largest absolute Gasteiger partial charge is 0.324 e. The second-order valence-corrected chi connectivity index (χ2v) is 5.23. The summed E-state index contributed by atoms with van der Waals surface area (Å²) in [5, 5.41) is 13.2. The molecule has 100 valence electrons. The SMILES string of the molecule is N#CC1(C(=O)Nc2cccc3ncccc23)CCCC1. The Morgan fingerprint density at radius 3 is 2.80 bits per heavy atom. The van der Waals surface area contributed by atoms with Gasteiger partial charge in [0.2, 0.25) is 5.91 Å². The third-order valence-electron chi connectivity index (χ3n) is 4.00. The highest BCUT2D eigenvalue weighted by Crippen LogP contribution is 2.38. The molecule has 0 atom stereocenters. The highest BCUT2D eigenvalue weighted by atomic mass is 16.2. The third-order valence-corrected chi connectivity index (χ3v) is 4.00. The molecule has 1 heterocycles. The smallest absolute Gasteiger partial charge is 0.244 e. The summed E-state index contributed by atoms with van der Waals surface area (Å²) in [6.07, 6.45) is 4.91. The van der Waals surface area contributed by atoms with Crippen LogP contribution in [0.4, 0.5) is 5.69 Å². The molecule has 4 nitrogen and oxygen atoms in total. The van der Waals surface area contributed by atoms with E-state index in [0.29, 0.717) is 12.8 Å². The molecule has 1 N–H and O–H groups in total. The van der Waals surface area contributed by atoms with Crippen LogP contribution in [0, 0.1) is 16.7 Å². The lowest BCUT2D eigenvalue weighted by atomic mass is 9.87. The molecule has 1 amide bonds. The molecule has 1 aromatic heterocycles. The third kappa shape index (κ3) is 2.01. The van der Waals surface area contributed by atoms with Gasteiger partial charge >= 0.3 is 0 Å². The number of nitrogens with one attached hydrogen (secondary N) is 1. The molecule has 1 fully saturated rings. The predicted octanol–water partition coefficient (Wildman–Crippen LogP) is 3.26. The number of anilines is 1. The number of pyridine rings is 1. The Labute approximate surface area is 117 Å². The van der Waals surface area contributed by atoms with E-state index in [-0.39, 0.29) is 5.91 Å². The van der Waals surface area contributed by atoms with E-state index in [1.54, 1.807) is 6.20 Å². The van der Waals surface area contributed by atoms with Gasteiger partial charge in [-0.1, -0.05) is 18.9 Å². The first-order valence-corrected chi connectivity index (χ1v) is 6.82. The predicted molar refractivity (Wildman–Crippen MR) is 76.9 cm³/mol. The van der Waals surface area contributed by atoms with Crippen LogP contribution in [0.5, 0.6) is 0 Å². The summed E-state index contributed by atoms with van der Waals surface area (Å²) in [6.45, 7) is 0. The van der Waals surface area contributed by atoms with Crippen molar-refractivity contribution in [3.8, 4) is 6.07 Å². The van der Waals surface area contributed by atoms with Gasteiger partial charge in [0.15, 0.2) is 0 Å². The van der Waals surface area contributed by atoms with Gasteiger partial charge in [0.25, 0.3) is 0 Å². The number of hydrogen-bond acceptors (Lipinski definition) is 3. The fraction of sp³-hybridized carbons (Fsp3) is 0.312. The first-order valence-electron chi connectivity index (χ1n) is 6.82. The lowest BCUT2D eigenvalue weighted by Crippen LogP contribution is -2.32. The van der Waals surface area contributed by atoms with Crippen molar-refractivity contribution in [3.05, 3.63) is 36.5 Å². The maximum absolute atomic E-state index is 12.5. The summed E-state index contributed by atoms with van der Waals surface area (Å²) in [5.74, 6) is -0.186. The summed E-state index contributed by atoms with van der Waals surface area (Å²) in [7, 11) is 0. The van der Waals surface area contributed by atoms with Gasteiger partial charge in [-0.05, 0) is 37.1 Å². The van der Waals surface area contributed by atoms with Crippen molar-refractivity contribution in [3.63, 3.8) is 0 Å². The molecule has 0 radical (unpaired) electrons. The molecule has 4 heteroatoms. The van der Waals surface area contributed by atoms with Gasteiger partial charge in [0, 0.05) is 11.6 Å². The van der Waals surface area contributed by atoms with Crippen LogP contribution < -0.4 is 5.32 Å². The molecule has 0 aliphatic heterocycles. The first-order chi connectivity index (χ1) is 9.75. The zero-order chi connectivity index (χ0) is 14.0. The Bertz CT molecular complexity index is 691. The van der Waals surface area contributed by atoms with E-state index < -0.39 is 5.41 Å². The lowest BCUT2D eigenvalue weighted by molar-refractivity contribution is -0.122. The quantitative estimate of drug-likeness (QED) is 0.906. The molecular weight excluding hydrogens is 250 g/mol. The van der Waals surface area contributed by atoms with E-state index in [1.807, 2.05) is 30.3 Å². The average molecular weight is 265 g/mol. The summed E-state index contributed by atoms with van der Waals surface area (Å²) in [4.78, 5) is 16.7. The number of aromatic nitrogens is 1. The fourth-order valence-corrected chi connectivity index (χ4v) is 2.82. The zero-order valence-electron chi connectivity index (χ0n) is 11.1. The Hall–Kier alpha value is -2.41. The van der Waals surface area contributed by atoms with Crippen LogP contribution in [0.2, 0.25) is 0 Å². The highest BCUT2D eigenvalue weighted by molar-refractivity contribution is 6.04. The number of amides is 1. The van der Waals surface area contributed by atoms with Crippen LogP contribution in [0.3, 0.4) is 0 Å². The molecule has 3 rings (SSSR count). The molecule has 0 saturated heterocycles. The van der Waals surface area contributed by atoms with E-state index in [0.717, 1.165) is 29.4 Å². The summed E-state index contributed by atoms with van der Waals surface area (Å²) in [5.41, 5.74) is 0.703. The second-order valence-electron chi connectivity index (χ2n) is 5.23. The minimum atomic E-state index is -0.857. The minimum absolute atomic E-state index is 0.186. The maximum Gasteiger partial charge on any atom is 0.244 e. The van der Waals surface area contributed by atoms with Crippen molar-refractivity contribution in [1.82, 2.24) is 4.98 Å². The Morgan fingerprint density at radius 2 is 2.05 bits per heavy atom. The molecule has 1 aliphatic carbocycles. The normalized spacial score (nSPS) is 16.8. The highest BCUT2D eigenvalue weighted by Gasteiger charge is 2.41. The zero-order valence-corrected chi connectivity index (χ0v) is 11.1. The van der Waals surface area contributed by atoms with E-state index >= 15 is 0 Å². The van der Waals surface area contributed by atoms with Crippen LogP contribution in [0.15, 0.2) is 36.5 Å². The Kier molecular flexibility index (Phi) is 3.11. The van der Waals surface area contributed by atoms with E-state index in [9.17, 15) is 10.1 Å². The average Bonchev–Trinajstić information content (AvgIpc) is 2.98. The minimum Gasteiger partial charge on any atom is -0.324 e. The van der Waals surface area contributed by atoms with Crippen LogP contribution >= 0.6 is 0 Å². The molecule has 0 unspecified atom stereocenters. The topological polar surface area (TPSA) is 65.8 Å². The summed E-state index contributed by atoms with van der Waals surface area (Å²) < 4.78 is 0. The van der Waals surface area contributed by atoms with Gasteiger partial charge < -0.3 is 5.32 Å². The van der Waals surface area contributed by atoms with E-state index in [2.05, 4.69) is 16.4 Å². The van der Waals surface area contributed by atoms with E-state index in [4.69, 9.17) is 0 Å². The number of hydrogen-bond donors (Lipinski definition) is 1. The van der Waals surface area contributed by atoms with Crippen molar-refractivity contribution in [2.45, 2.75) is 25.7 Å². The molecular formula is C16H15N3O. The number of nitrogens with zero attached hydrogens (tertiary/aromatic N) is 2. The van der Waals surface area contributed by atoms with Gasteiger partial charge in [-0.2, -0.15) is 5.26 Å². The van der Waals surface area contributed by atoms with Gasteiger partial charge in [0.05, 0.1) is 17.3 Å². The lowest BCUT2D eigenvalue weighted by Gasteiger charge is -2.19. The Balaban J connectivity index is 1.94. The maximum atomic E-state index is 12.5. The van der Waals surface area contributed by atoms with Crippen molar-refractivity contribution in [1.29, 1.82) is 5.26 Å². The molecule has 1 aliphatic rings. The molecule has 2 aromatic rings. The van der Waals surface area contributed by atoms with E-state index in [1.165, 1.54) is 0 Å². The van der Waals surface area contributed by atoms with Crippen LogP contribution in [-0.2, 0) is 4.79 Å². The van der Waals surface area contributed by atoms with Crippen molar-refractivity contribution < 1.29 is 4.79 Å². The van der Waals surface area contributed by atoms with Gasteiger partial charge in [-0.15, -0.1) is 0 Å². The number of nitriles is 1. The number of fused-ring (bicyclic) bond motifs is 1. The molecule has 0 bridgehead atoms. The number of rotatable bonds is 2. The Morgan fingerprint density at radius 1 is 1.25 bits per heavy atom. The van der Waals surface area contributed by atoms with Crippen LogP contribution in [-0.4, -0.2) is 10.9 Å². The van der Waals surface area contributed by atoms with Crippen LogP contribution in [0.25, 0.3) is 10.9 Å². The fourth-order valence-electron chi connectivity index (χ4n) is 2.82. The van der Waals surface area contributed by atoms with Gasteiger partial charge in [0.1, 0.15) is 5.41 Å². The van der Waals surface area contributed by atoms with Gasteiger partial charge in [-0.3, -0.25) is 9.78 Å². The van der Waals surface area contributed by atoms with Crippen molar-refractivity contribution in [2.75, 3.05) is 5.32 Å². The summed E-state index contributed by atoms with van der Waals surface area (Å²) >= 11 is 0. The molecule has 1 saturated carbocycles. The summed E-state index contributed by atoms with van der Waals surface area (Å²) in [6, 6.07) is 11.6. The number of benzene rings is 1. The molecule has 0 spiro atoms. The second kappa shape index (κ2) is 4.93. The van der Waals surface area contributed by atoms with Crippen molar-refractivity contribution >= 4 is 22.5 Å². The van der Waals surface area contributed by atoms with Crippen molar-refractivity contribution in [2.24, 2.45) is 5.41 Å². The monoisotopic (exact) mass is 265 g/mol.